The molecule has 18 heavy (non-hydrogen) atoms. The van der Waals surface area contributed by atoms with Gasteiger partial charge in [0.25, 0.3) is 0 Å². The number of hydrogen-bond acceptors (Lipinski definition) is 4. The van der Waals surface area contributed by atoms with Crippen molar-refractivity contribution in [3.8, 4) is 0 Å². The van der Waals surface area contributed by atoms with Crippen molar-refractivity contribution >= 4 is 5.91 Å². The summed E-state index contributed by atoms with van der Waals surface area (Å²) in [5, 5.41) is 2.96. The van der Waals surface area contributed by atoms with Gasteiger partial charge in [0.2, 0.25) is 5.91 Å². The van der Waals surface area contributed by atoms with Crippen LogP contribution in [0.3, 0.4) is 0 Å². The Morgan fingerprint density at radius 1 is 1.44 bits per heavy atom. The molecule has 3 N–H and O–H groups in total. The first-order valence-corrected chi connectivity index (χ1v) is 7.10. The Labute approximate surface area is 108 Å². The summed E-state index contributed by atoms with van der Waals surface area (Å²) in [5.74, 6) is 0.000829. The first-order valence-electron chi connectivity index (χ1n) is 7.10. The SMILES string of the molecule is NC1(C(=O)NCC2CN3CCCC3CO2)CCC1. The van der Waals surface area contributed by atoms with Gasteiger partial charge in [-0.25, -0.2) is 0 Å². The van der Waals surface area contributed by atoms with Gasteiger partial charge in [0.05, 0.1) is 18.2 Å². The van der Waals surface area contributed by atoms with E-state index in [1.165, 1.54) is 19.4 Å². The van der Waals surface area contributed by atoms with Crippen LogP contribution in [0.5, 0.6) is 0 Å². The maximum Gasteiger partial charge on any atom is 0.240 e. The van der Waals surface area contributed by atoms with Gasteiger partial charge in [-0.2, -0.15) is 0 Å². The summed E-state index contributed by atoms with van der Waals surface area (Å²) in [6, 6.07) is 0.615. The minimum atomic E-state index is -0.592. The number of ether oxygens (including phenoxy) is 1. The predicted octanol–water partition coefficient (Wildman–Crippen LogP) is -0.153. The number of nitrogens with two attached hydrogens (primary N) is 1. The topological polar surface area (TPSA) is 67.6 Å². The standard InChI is InChI=1S/C13H23N3O2/c14-13(4-2-5-13)12(17)15-7-11-8-16-6-1-3-10(16)9-18-11/h10-11H,1-9,14H2,(H,15,17). The molecule has 0 aromatic carbocycles. The molecule has 1 amide bonds. The highest BCUT2D eigenvalue weighted by molar-refractivity contribution is 5.87. The lowest BCUT2D eigenvalue weighted by atomic mass is 9.77. The number of hydrogen-bond donors (Lipinski definition) is 2. The summed E-state index contributed by atoms with van der Waals surface area (Å²) < 4.78 is 5.81. The lowest BCUT2D eigenvalue weighted by Crippen LogP contribution is -2.60. The smallest absolute Gasteiger partial charge is 0.240 e. The van der Waals surface area contributed by atoms with Gasteiger partial charge >= 0.3 is 0 Å². The van der Waals surface area contributed by atoms with Gasteiger partial charge in [0.1, 0.15) is 0 Å². The Morgan fingerprint density at radius 2 is 2.28 bits per heavy atom. The molecule has 102 valence electrons. The average Bonchev–Trinajstić information content (AvgIpc) is 2.80. The molecule has 5 heteroatoms. The van der Waals surface area contributed by atoms with E-state index in [-0.39, 0.29) is 12.0 Å². The minimum absolute atomic E-state index is 0.000829. The summed E-state index contributed by atoms with van der Waals surface area (Å²) in [5.41, 5.74) is 5.39. The third-order valence-corrected chi connectivity index (χ3v) is 4.65. The van der Waals surface area contributed by atoms with Crippen LogP contribution >= 0.6 is 0 Å². The number of morpholine rings is 1. The number of nitrogens with one attached hydrogen (secondary N) is 1. The number of fused-ring (bicyclic) bond motifs is 1. The van der Waals surface area contributed by atoms with E-state index in [1.54, 1.807) is 0 Å². The highest BCUT2D eigenvalue weighted by Gasteiger charge is 2.40. The third-order valence-electron chi connectivity index (χ3n) is 4.65. The minimum Gasteiger partial charge on any atom is -0.373 e. The number of carbonyl (C=O) groups is 1. The van der Waals surface area contributed by atoms with E-state index >= 15 is 0 Å². The van der Waals surface area contributed by atoms with E-state index in [2.05, 4.69) is 10.2 Å². The Balaban J connectivity index is 1.44. The molecule has 5 nitrogen and oxygen atoms in total. The van der Waals surface area contributed by atoms with Crippen molar-refractivity contribution < 1.29 is 9.53 Å². The first kappa shape index (κ1) is 12.4. The summed E-state index contributed by atoms with van der Waals surface area (Å²) >= 11 is 0. The van der Waals surface area contributed by atoms with E-state index in [4.69, 9.17) is 10.5 Å². The van der Waals surface area contributed by atoms with Crippen LogP contribution in [0, 0.1) is 0 Å². The molecular formula is C13H23N3O2. The largest absolute Gasteiger partial charge is 0.373 e. The number of amides is 1. The fourth-order valence-electron chi connectivity index (χ4n) is 3.18. The van der Waals surface area contributed by atoms with Gasteiger partial charge in [0.15, 0.2) is 0 Å². The second-order valence-electron chi connectivity index (χ2n) is 5.97. The Morgan fingerprint density at radius 3 is 3.00 bits per heavy atom. The van der Waals surface area contributed by atoms with Crippen LogP contribution in [0.4, 0.5) is 0 Å². The molecule has 0 spiro atoms. The molecule has 1 saturated carbocycles. The predicted molar refractivity (Wildman–Crippen MR) is 68.1 cm³/mol. The molecule has 3 rings (SSSR count). The van der Waals surface area contributed by atoms with Crippen molar-refractivity contribution in [2.45, 2.75) is 49.8 Å². The maximum absolute atomic E-state index is 11.9. The zero-order chi connectivity index (χ0) is 12.6. The van der Waals surface area contributed by atoms with Gasteiger partial charge < -0.3 is 15.8 Å². The monoisotopic (exact) mass is 253 g/mol. The van der Waals surface area contributed by atoms with Crippen LogP contribution in [-0.4, -0.2) is 54.7 Å². The summed E-state index contributed by atoms with van der Waals surface area (Å²) in [6.07, 6.45) is 5.37. The van der Waals surface area contributed by atoms with Gasteiger partial charge in [0, 0.05) is 19.1 Å². The fourth-order valence-corrected chi connectivity index (χ4v) is 3.18. The van der Waals surface area contributed by atoms with Crippen molar-refractivity contribution in [1.29, 1.82) is 0 Å². The van der Waals surface area contributed by atoms with E-state index in [0.717, 1.165) is 32.4 Å². The van der Waals surface area contributed by atoms with Gasteiger partial charge in [-0.1, -0.05) is 0 Å². The van der Waals surface area contributed by atoms with Crippen molar-refractivity contribution in [1.82, 2.24) is 10.2 Å². The molecular weight excluding hydrogens is 230 g/mol. The van der Waals surface area contributed by atoms with Crippen molar-refractivity contribution in [2.24, 2.45) is 5.73 Å². The molecule has 2 saturated heterocycles. The second kappa shape index (κ2) is 4.79. The molecule has 2 aliphatic heterocycles. The highest BCUT2D eigenvalue weighted by Crippen LogP contribution is 2.29. The Kier molecular flexibility index (Phi) is 3.30. The zero-order valence-corrected chi connectivity index (χ0v) is 10.9. The Bertz CT molecular complexity index is 330. The molecule has 2 heterocycles. The molecule has 0 aromatic rings. The fraction of sp³-hybridized carbons (Fsp3) is 0.923. The molecule has 2 atom stereocenters. The summed E-state index contributed by atoms with van der Waals surface area (Å²) in [7, 11) is 0. The van der Waals surface area contributed by atoms with E-state index in [9.17, 15) is 4.79 Å². The first-order chi connectivity index (χ1) is 8.67. The zero-order valence-electron chi connectivity index (χ0n) is 10.9. The summed E-state index contributed by atoms with van der Waals surface area (Å²) in [6.45, 7) is 3.54. The lowest BCUT2D eigenvalue weighted by Gasteiger charge is -2.38. The highest BCUT2D eigenvalue weighted by atomic mass is 16.5. The number of nitrogens with zero attached hydrogens (tertiary/aromatic N) is 1. The van der Waals surface area contributed by atoms with Crippen LogP contribution in [-0.2, 0) is 9.53 Å². The quantitative estimate of drug-likeness (QED) is 0.734. The summed E-state index contributed by atoms with van der Waals surface area (Å²) in [4.78, 5) is 14.4. The van der Waals surface area contributed by atoms with Crippen LogP contribution in [0.25, 0.3) is 0 Å². The van der Waals surface area contributed by atoms with Gasteiger partial charge in [-0.3, -0.25) is 9.69 Å². The van der Waals surface area contributed by atoms with E-state index in [1.807, 2.05) is 0 Å². The normalized spacial score (nSPS) is 34.7. The molecule has 3 aliphatic rings. The van der Waals surface area contributed by atoms with Gasteiger partial charge in [-0.05, 0) is 38.6 Å². The molecule has 0 radical (unpaired) electrons. The maximum atomic E-state index is 11.9. The van der Waals surface area contributed by atoms with Crippen molar-refractivity contribution in [3.63, 3.8) is 0 Å². The van der Waals surface area contributed by atoms with Crippen LogP contribution < -0.4 is 11.1 Å². The average molecular weight is 253 g/mol. The Hall–Kier alpha value is -0.650. The van der Waals surface area contributed by atoms with Crippen molar-refractivity contribution in [2.75, 3.05) is 26.2 Å². The van der Waals surface area contributed by atoms with Crippen LogP contribution in [0.1, 0.15) is 32.1 Å². The van der Waals surface area contributed by atoms with E-state index in [0.29, 0.717) is 12.6 Å². The molecule has 3 fully saturated rings. The van der Waals surface area contributed by atoms with E-state index < -0.39 is 5.54 Å². The van der Waals surface area contributed by atoms with Gasteiger partial charge in [-0.15, -0.1) is 0 Å². The number of rotatable bonds is 3. The van der Waals surface area contributed by atoms with Crippen LogP contribution in [0.15, 0.2) is 0 Å². The molecule has 2 unspecified atom stereocenters. The lowest BCUT2D eigenvalue weighted by molar-refractivity contribution is -0.130. The molecule has 0 bridgehead atoms. The molecule has 1 aliphatic carbocycles. The second-order valence-corrected chi connectivity index (χ2v) is 5.97. The number of carbonyl (C=O) groups excluding carboxylic acids is 1. The molecule has 0 aromatic heterocycles. The van der Waals surface area contributed by atoms with Crippen molar-refractivity contribution in [3.05, 3.63) is 0 Å². The third kappa shape index (κ3) is 2.27. The van der Waals surface area contributed by atoms with Crippen LogP contribution in [0.2, 0.25) is 0 Å².